The third-order valence-corrected chi connectivity index (χ3v) is 4.33. The second-order valence-electron chi connectivity index (χ2n) is 6.11. The number of amides is 1. The molecule has 0 unspecified atom stereocenters. The number of carbonyl (C=O) groups is 1. The molecule has 3 rings (SSSR count). The number of aromatic nitrogens is 1. The van der Waals surface area contributed by atoms with Crippen LogP contribution in [0.25, 0.3) is 0 Å². The van der Waals surface area contributed by atoms with Gasteiger partial charge in [0.25, 0.3) is 0 Å². The van der Waals surface area contributed by atoms with Crippen LogP contribution in [0, 0.1) is 11.3 Å². The van der Waals surface area contributed by atoms with Crippen LogP contribution in [0.15, 0.2) is 41.1 Å². The molecule has 130 valence electrons. The van der Waals surface area contributed by atoms with Gasteiger partial charge in [-0.15, -0.1) is 0 Å². The van der Waals surface area contributed by atoms with Crippen molar-refractivity contribution in [2.75, 3.05) is 44.7 Å². The van der Waals surface area contributed by atoms with Crippen LogP contribution in [0.1, 0.15) is 11.3 Å². The van der Waals surface area contributed by atoms with E-state index >= 15 is 0 Å². The molecule has 0 N–H and O–H groups in total. The third kappa shape index (κ3) is 4.37. The summed E-state index contributed by atoms with van der Waals surface area (Å²) in [5, 5.41) is 8.81. The Hall–Kier alpha value is -2.85. The van der Waals surface area contributed by atoms with Crippen molar-refractivity contribution in [3.05, 3.63) is 48.0 Å². The van der Waals surface area contributed by atoms with Gasteiger partial charge in [-0.3, -0.25) is 9.69 Å². The number of hydrogen-bond donors (Lipinski definition) is 0. The average molecular weight is 339 g/mol. The zero-order valence-corrected chi connectivity index (χ0v) is 14.3. The summed E-state index contributed by atoms with van der Waals surface area (Å²) in [6, 6.07) is 9.36. The molecule has 0 radical (unpaired) electrons. The zero-order chi connectivity index (χ0) is 17.6. The normalized spacial score (nSPS) is 15.0. The Kier molecular flexibility index (Phi) is 5.31. The lowest BCUT2D eigenvalue weighted by atomic mass is 10.2. The number of pyridine rings is 1. The molecule has 2 aromatic heterocycles. The first kappa shape index (κ1) is 17.0. The smallest absolute Gasteiger partial charge is 0.242 e. The first-order chi connectivity index (χ1) is 12.2. The van der Waals surface area contributed by atoms with Crippen LogP contribution >= 0.6 is 0 Å². The SMILES string of the molecule is CN(CC(=O)N1CCN(Cc2ccco2)CC1)c1ccc(C#N)cn1. The van der Waals surface area contributed by atoms with Gasteiger partial charge in [-0.2, -0.15) is 5.26 Å². The third-order valence-electron chi connectivity index (χ3n) is 4.33. The van der Waals surface area contributed by atoms with E-state index in [0.717, 1.165) is 25.4 Å². The summed E-state index contributed by atoms with van der Waals surface area (Å²) >= 11 is 0. The predicted octanol–water partition coefficient (Wildman–Crippen LogP) is 1.33. The first-order valence-electron chi connectivity index (χ1n) is 8.25. The van der Waals surface area contributed by atoms with Gasteiger partial charge < -0.3 is 14.2 Å². The fourth-order valence-corrected chi connectivity index (χ4v) is 2.84. The van der Waals surface area contributed by atoms with Crippen LogP contribution in [-0.4, -0.2) is 60.5 Å². The van der Waals surface area contributed by atoms with Gasteiger partial charge in [0.2, 0.25) is 5.91 Å². The number of piperazine rings is 1. The Morgan fingerprint density at radius 3 is 2.72 bits per heavy atom. The van der Waals surface area contributed by atoms with Crippen molar-refractivity contribution in [3.63, 3.8) is 0 Å². The number of furan rings is 1. The first-order valence-corrected chi connectivity index (χ1v) is 8.25. The van der Waals surface area contributed by atoms with Crippen molar-refractivity contribution in [1.82, 2.24) is 14.8 Å². The van der Waals surface area contributed by atoms with Gasteiger partial charge in [0, 0.05) is 39.4 Å². The van der Waals surface area contributed by atoms with Gasteiger partial charge in [-0.05, 0) is 24.3 Å². The molecule has 0 bridgehead atoms. The van der Waals surface area contributed by atoms with E-state index < -0.39 is 0 Å². The molecule has 3 heterocycles. The monoisotopic (exact) mass is 339 g/mol. The van der Waals surface area contributed by atoms with Crippen LogP contribution in [0.5, 0.6) is 0 Å². The number of rotatable bonds is 5. The van der Waals surface area contributed by atoms with E-state index in [4.69, 9.17) is 9.68 Å². The molecule has 1 aliphatic rings. The van der Waals surface area contributed by atoms with Crippen LogP contribution in [-0.2, 0) is 11.3 Å². The second kappa shape index (κ2) is 7.81. The highest BCUT2D eigenvalue weighted by molar-refractivity contribution is 5.81. The predicted molar refractivity (Wildman–Crippen MR) is 92.8 cm³/mol. The van der Waals surface area contributed by atoms with Gasteiger partial charge in [-0.25, -0.2) is 4.98 Å². The fraction of sp³-hybridized carbons (Fsp3) is 0.389. The molecule has 1 saturated heterocycles. The van der Waals surface area contributed by atoms with Gasteiger partial charge in [-0.1, -0.05) is 0 Å². The zero-order valence-electron chi connectivity index (χ0n) is 14.3. The van der Waals surface area contributed by atoms with E-state index in [0.29, 0.717) is 24.5 Å². The lowest BCUT2D eigenvalue weighted by Gasteiger charge is -2.35. The van der Waals surface area contributed by atoms with Crippen molar-refractivity contribution >= 4 is 11.7 Å². The van der Waals surface area contributed by atoms with E-state index in [-0.39, 0.29) is 12.5 Å². The Bertz CT molecular complexity index is 728. The molecule has 0 saturated carbocycles. The molecule has 0 aliphatic carbocycles. The highest BCUT2D eigenvalue weighted by atomic mass is 16.3. The van der Waals surface area contributed by atoms with E-state index in [1.54, 1.807) is 23.3 Å². The van der Waals surface area contributed by atoms with Crippen molar-refractivity contribution in [2.24, 2.45) is 0 Å². The minimum absolute atomic E-state index is 0.0892. The molecular weight excluding hydrogens is 318 g/mol. The maximum Gasteiger partial charge on any atom is 0.242 e. The Morgan fingerprint density at radius 1 is 1.32 bits per heavy atom. The summed E-state index contributed by atoms with van der Waals surface area (Å²) in [6.45, 7) is 4.17. The van der Waals surface area contributed by atoms with Gasteiger partial charge in [0.05, 0.1) is 24.9 Å². The molecule has 25 heavy (non-hydrogen) atoms. The minimum atomic E-state index is 0.0892. The largest absolute Gasteiger partial charge is 0.468 e. The molecule has 1 fully saturated rings. The number of carbonyl (C=O) groups excluding carboxylic acids is 1. The molecule has 0 aromatic carbocycles. The summed E-state index contributed by atoms with van der Waals surface area (Å²) in [4.78, 5) is 22.7. The molecule has 1 aliphatic heterocycles. The maximum atomic E-state index is 12.5. The number of nitriles is 1. The molecule has 1 amide bonds. The lowest BCUT2D eigenvalue weighted by molar-refractivity contribution is -0.131. The van der Waals surface area contributed by atoms with Gasteiger partial charge >= 0.3 is 0 Å². The lowest BCUT2D eigenvalue weighted by Crippen LogP contribution is -2.50. The highest BCUT2D eigenvalue weighted by Gasteiger charge is 2.22. The van der Waals surface area contributed by atoms with Crippen molar-refractivity contribution < 1.29 is 9.21 Å². The molecule has 0 atom stereocenters. The Labute approximate surface area is 147 Å². The fourth-order valence-electron chi connectivity index (χ4n) is 2.84. The average Bonchev–Trinajstić information content (AvgIpc) is 3.15. The molecular formula is C18H21N5O2. The molecule has 7 nitrogen and oxygen atoms in total. The van der Waals surface area contributed by atoms with E-state index in [9.17, 15) is 4.79 Å². The topological polar surface area (TPSA) is 76.6 Å². The van der Waals surface area contributed by atoms with Gasteiger partial charge in [0.1, 0.15) is 17.6 Å². The maximum absolute atomic E-state index is 12.5. The quantitative estimate of drug-likeness (QED) is 0.818. The van der Waals surface area contributed by atoms with E-state index in [1.165, 1.54) is 6.20 Å². The minimum Gasteiger partial charge on any atom is -0.468 e. The molecule has 2 aromatic rings. The van der Waals surface area contributed by atoms with Crippen LogP contribution in [0.2, 0.25) is 0 Å². The second-order valence-corrected chi connectivity index (χ2v) is 6.11. The van der Waals surface area contributed by atoms with Crippen molar-refractivity contribution in [3.8, 4) is 6.07 Å². The Balaban J connectivity index is 1.48. The summed E-state index contributed by atoms with van der Waals surface area (Å²) in [6.07, 6.45) is 3.20. The number of nitrogens with zero attached hydrogens (tertiary/aromatic N) is 5. The van der Waals surface area contributed by atoms with Crippen LogP contribution < -0.4 is 4.90 Å². The van der Waals surface area contributed by atoms with Crippen molar-refractivity contribution in [1.29, 1.82) is 5.26 Å². The highest BCUT2D eigenvalue weighted by Crippen LogP contribution is 2.12. The number of anilines is 1. The molecule has 7 heteroatoms. The van der Waals surface area contributed by atoms with Gasteiger partial charge in [0.15, 0.2) is 0 Å². The van der Waals surface area contributed by atoms with E-state index in [1.807, 2.05) is 30.1 Å². The number of hydrogen-bond acceptors (Lipinski definition) is 6. The summed E-state index contributed by atoms with van der Waals surface area (Å²) in [5.74, 6) is 1.72. The Morgan fingerprint density at radius 2 is 2.12 bits per heavy atom. The standard InChI is InChI=1S/C18H21N5O2/c1-21(17-5-4-15(11-19)12-20-17)14-18(24)23-8-6-22(7-9-23)13-16-3-2-10-25-16/h2-5,10,12H,6-9,13-14H2,1H3. The van der Waals surface area contributed by atoms with Crippen LogP contribution in [0.4, 0.5) is 5.82 Å². The summed E-state index contributed by atoms with van der Waals surface area (Å²) in [5.41, 5.74) is 0.510. The van der Waals surface area contributed by atoms with E-state index in [2.05, 4.69) is 9.88 Å². The summed E-state index contributed by atoms with van der Waals surface area (Å²) < 4.78 is 5.37. The number of likely N-dealkylation sites (N-methyl/N-ethyl adjacent to an activating group) is 1. The van der Waals surface area contributed by atoms with Crippen molar-refractivity contribution in [2.45, 2.75) is 6.54 Å². The van der Waals surface area contributed by atoms with Crippen LogP contribution in [0.3, 0.4) is 0 Å². The molecule has 0 spiro atoms. The summed E-state index contributed by atoms with van der Waals surface area (Å²) in [7, 11) is 1.83.